The zero-order chi connectivity index (χ0) is 21.2. The number of benzene rings is 3. The van der Waals surface area contributed by atoms with Gasteiger partial charge in [-0.3, -0.25) is 9.59 Å². The molecule has 156 valence electrons. The van der Waals surface area contributed by atoms with Gasteiger partial charge in [0.15, 0.2) is 0 Å². The fraction of sp³-hybridized carbons (Fsp3) is 0.231. The SMILES string of the molecule is O=C1C[C@H](C(=O)NCc2ccc(CN3CCc4ccccc43)cc2)c2ccccc2N1. The van der Waals surface area contributed by atoms with Gasteiger partial charge in [-0.15, -0.1) is 0 Å². The predicted molar refractivity (Wildman–Crippen MR) is 122 cm³/mol. The first kappa shape index (κ1) is 19.4. The maximum absolute atomic E-state index is 12.8. The second-order valence-electron chi connectivity index (χ2n) is 8.23. The van der Waals surface area contributed by atoms with E-state index in [-0.39, 0.29) is 18.2 Å². The van der Waals surface area contributed by atoms with Gasteiger partial charge in [0, 0.05) is 37.4 Å². The first-order valence-corrected chi connectivity index (χ1v) is 10.7. The molecule has 0 spiro atoms. The summed E-state index contributed by atoms with van der Waals surface area (Å²) < 4.78 is 0. The van der Waals surface area contributed by atoms with Crippen LogP contribution in [0, 0.1) is 0 Å². The summed E-state index contributed by atoms with van der Waals surface area (Å²) in [5.41, 5.74) is 6.65. The van der Waals surface area contributed by atoms with Gasteiger partial charge in [-0.2, -0.15) is 0 Å². The van der Waals surface area contributed by atoms with Crippen molar-refractivity contribution in [1.29, 1.82) is 0 Å². The van der Waals surface area contributed by atoms with Crippen molar-refractivity contribution < 1.29 is 9.59 Å². The van der Waals surface area contributed by atoms with Crippen LogP contribution in [0.3, 0.4) is 0 Å². The molecule has 0 saturated heterocycles. The molecule has 2 heterocycles. The summed E-state index contributed by atoms with van der Waals surface area (Å²) in [5, 5.41) is 5.84. The van der Waals surface area contributed by atoms with Gasteiger partial charge in [-0.1, -0.05) is 60.7 Å². The molecule has 5 rings (SSSR count). The first-order valence-electron chi connectivity index (χ1n) is 10.7. The molecule has 2 N–H and O–H groups in total. The van der Waals surface area contributed by atoms with Crippen LogP contribution in [0.2, 0.25) is 0 Å². The number of para-hydroxylation sites is 2. The normalized spacial score (nSPS) is 17.0. The van der Waals surface area contributed by atoms with Crippen LogP contribution in [-0.4, -0.2) is 18.4 Å². The molecule has 0 radical (unpaired) electrons. The predicted octanol–water partition coefficient (Wildman–Crippen LogP) is 3.99. The minimum atomic E-state index is -0.445. The maximum Gasteiger partial charge on any atom is 0.228 e. The highest BCUT2D eigenvalue weighted by Crippen LogP contribution is 2.32. The van der Waals surface area contributed by atoms with Crippen molar-refractivity contribution in [3.8, 4) is 0 Å². The lowest BCUT2D eigenvalue weighted by Crippen LogP contribution is -2.34. The van der Waals surface area contributed by atoms with Crippen LogP contribution in [0.15, 0.2) is 72.8 Å². The molecule has 31 heavy (non-hydrogen) atoms. The van der Waals surface area contributed by atoms with Crippen molar-refractivity contribution in [2.45, 2.75) is 31.8 Å². The molecule has 3 aromatic carbocycles. The van der Waals surface area contributed by atoms with E-state index >= 15 is 0 Å². The second kappa shape index (κ2) is 8.26. The highest BCUT2D eigenvalue weighted by Gasteiger charge is 2.30. The van der Waals surface area contributed by atoms with Gasteiger partial charge < -0.3 is 15.5 Å². The third kappa shape index (κ3) is 4.04. The van der Waals surface area contributed by atoms with E-state index in [9.17, 15) is 9.59 Å². The van der Waals surface area contributed by atoms with E-state index in [0.717, 1.165) is 36.3 Å². The lowest BCUT2D eigenvalue weighted by atomic mass is 9.90. The van der Waals surface area contributed by atoms with Crippen molar-refractivity contribution in [3.05, 3.63) is 95.1 Å². The second-order valence-corrected chi connectivity index (χ2v) is 8.23. The van der Waals surface area contributed by atoms with E-state index < -0.39 is 5.92 Å². The van der Waals surface area contributed by atoms with Crippen molar-refractivity contribution in [3.63, 3.8) is 0 Å². The van der Waals surface area contributed by atoms with E-state index in [0.29, 0.717) is 6.54 Å². The Balaban J connectivity index is 1.20. The summed E-state index contributed by atoms with van der Waals surface area (Å²) >= 11 is 0. The van der Waals surface area contributed by atoms with Gasteiger partial charge in [0.1, 0.15) is 0 Å². The lowest BCUT2D eigenvalue weighted by molar-refractivity contribution is -0.126. The van der Waals surface area contributed by atoms with Crippen molar-refractivity contribution in [2.75, 3.05) is 16.8 Å². The lowest BCUT2D eigenvalue weighted by Gasteiger charge is -2.24. The summed E-state index contributed by atoms with van der Waals surface area (Å²) in [7, 11) is 0. The van der Waals surface area contributed by atoms with Crippen LogP contribution < -0.4 is 15.5 Å². The van der Waals surface area contributed by atoms with Crippen LogP contribution >= 0.6 is 0 Å². The van der Waals surface area contributed by atoms with Gasteiger partial charge in [-0.05, 0) is 40.8 Å². The van der Waals surface area contributed by atoms with Gasteiger partial charge in [0.05, 0.1) is 5.92 Å². The van der Waals surface area contributed by atoms with Gasteiger partial charge in [0.25, 0.3) is 0 Å². The average Bonchev–Trinajstić information content (AvgIpc) is 3.20. The zero-order valence-corrected chi connectivity index (χ0v) is 17.3. The topological polar surface area (TPSA) is 61.4 Å². The molecule has 0 fully saturated rings. The Hall–Kier alpha value is -3.60. The number of anilines is 2. The Morgan fingerprint density at radius 3 is 2.58 bits per heavy atom. The van der Waals surface area contributed by atoms with E-state index in [1.54, 1.807) is 0 Å². The van der Waals surface area contributed by atoms with E-state index in [2.05, 4.69) is 64.1 Å². The molecule has 0 bridgehead atoms. The van der Waals surface area contributed by atoms with Crippen LogP contribution in [0.4, 0.5) is 11.4 Å². The molecule has 2 aliphatic heterocycles. The number of fused-ring (bicyclic) bond motifs is 2. The third-order valence-electron chi connectivity index (χ3n) is 6.16. The minimum absolute atomic E-state index is 0.111. The van der Waals surface area contributed by atoms with Crippen LogP contribution in [-0.2, 0) is 29.1 Å². The molecule has 1 atom stereocenters. The summed E-state index contributed by atoms with van der Waals surface area (Å²) in [5.74, 6) is -0.675. The molecular weight excluding hydrogens is 386 g/mol. The quantitative estimate of drug-likeness (QED) is 0.667. The largest absolute Gasteiger partial charge is 0.367 e. The standard InChI is InChI=1S/C26H25N3O2/c30-25-15-22(21-6-2-3-7-23(21)28-25)26(31)27-16-18-9-11-19(12-10-18)17-29-14-13-20-5-1-4-8-24(20)29/h1-12,22H,13-17H2,(H,27,31)(H,28,30)/t22-/m0/s1. The molecule has 3 aromatic rings. The highest BCUT2D eigenvalue weighted by molar-refractivity contribution is 6.01. The first-order chi connectivity index (χ1) is 15.2. The maximum atomic E-state index is 12.8. The van der Waals surface area contributed by atoms with Gasteiger partial charge >= 0.3 is 0 Å². The molecular formula is C26H25N3O2. The fourth-order valence-electron chi connectivity index (χ4n) is 4.51. The fourth-order valence-corrected chi connectivity index (χ4v) is 4.51. The van der Waals surface area contributed by atoms with E-state index in [1.165, 1.54) is 16.8 Å². The minimum Gasteiger partial charge on any atom is -0.367 e. The van der Waals surface area contributed by atoms with Crippen molar-refractivity contribution in [1.82, 2.24) is 5.32 Å². The monoisotopic (exact) mass is 411 g/mol. The average molecular weight is 412 g/mol. The smallest absolute Gasteiger partial charge is 0.228 e. The highest BCUT2D eigenvalue weighted by atomic mass is 16.2. The Morgan fingerprint density at radius 1 is 0.968 bits per heavy atom. The number of carbonyl (C=O) groups is 2. The van der Waals surface area contributed by atoms with Gasteiger partial charge in [0.2, 0.25) is 11.8 Å². The molecule has 0 aromatic heterocycles. The molecule has 2 aliphatic rings. The number of amides is 2. The Labute approximate surface area is 182 Å². The summed E-state index contributed by atoms with van der Waals surface area (Å²) in [4.78, 5) is 27.2. The summed E-state index contributed by atoms with van der Waals surface area (Å²) in [6, 6.07) is 24.5. The molecule has 0 aliphatic carbocycles. The van der Waals surface area contributed by atoms with Gasteiger partial charge in [-0.25, -0.2) is 0 Å². The molecule has 5 nitrogen and oxygen atoms in total. The molecule has 5 heteroatoms. The number of rotatable bonds is 5. The van der Waals surface area contributed by atoms with E-state index in [1.807, 2.05) is 24.3 Å². The number of hydrogen-bond donors (Lipinski definition) is 2. The number of carbonyl (C=O) groups excluding carboxylic acids is 2. The van der Waals surface area contributed by atoms with E-state index in [4.69, 9.17) is 0 Å². The van der Waals surface area contributed by atoms with Crippen LogP contribution in [0.1, 0.15) is 34.6 Å². The number of nitrogens with zero attached hydrogens (tertiary/aromatic N) is 1. The Morgan fingerprint density at radius 2 is 1.71 bits per heavy atom. The number of hydrogen-bond acceptors (Lipinski definition) is 3. The molecule has 0 saturated carbocycles. The van der Waals surface area contributed by atoms with Crippen LogP contribution in [0.5, 0.6) is 0 Å². The Bertz CT molecular complexity index is 1120. The van der Waals surface area contributed by atoms with Crippen LogP contribution in [0.25, 0.3) is 0 Å². The van der Waals surface area contributed by atoms with Crippen molar-refractivity contribution >= 4 is 23.2 Å². The summed E-state index contributed by atoms with van der Waals surface area (Å²) in [6.07, 6.45) is 1.28. The number of nitrogens with one attached hydrogen (secondary N) is 2. The van der Waals surface area contributed by atoms with Crippen molar-refractivity contribution in [2.24, 2.45) is 0 Å². The summed E-state index contributed by atoms with van der Waals surface area (Å²) in [6.45, 7) is 2.39. The third-order valence-corrected chi connectivity index (χ3v) is 6.16. The molecule has 2 amide bonds. The molecule has 0 unspecified atom stereocenters. The Kier molecular flexibility index (Phi) is 5.16. The zero-order valence-electron chi connectivity index (χ0n) is 17.3.